The van der Waals surface area contributed by atoms with Gasteiger partial charge in [-0.1, -0.05) is 0 Å². The molecule has 0 spiro atoms. The zero-order valence-corrected chi connectivity index (χ0v) is 7.77. The Hall–Kier alpha value is -0.640. The standard InChI is InChI=1S/C9H15FN2O/c1-9(2-7(9)10)8(13)12-5-6-3-11-4-6/h6-7,11H,2-5H2,1H3,(H,12,13). The minimum Gasteiger partial charge on any atom is -0.355 e. The maximum Gasteiger partial charge on any atom is 0.229 e. The van der Waals surface area contributed by atoms with Crippen molar-refractivity contribution in [2.45, 2.75) is 19.5 Å². The van der Waals surface area contributed by atoms with Crippen LogP contribution in [0.15, 0.2) is 0 Å². The van der Waals surface area contributed by atoms with Crippen LogP contribution in [0.2, 0.25) is 0 Å². The molecule has 0 aromatic rings. The summed E-state index contributed by atoms with van der Waals surface area (Å²) in [5, 5.41) is 5.92. The van der Waals surface area contributed by atoms with E-state index in [1.54, 1.807) is 6.92 Å². The number of rotatable bonds is 3. The molecule has 0 aromatic carbocycles. The van der Waals surface area contributed by atoms with Crippen LogP contribution in [0.25, 0.3) is 0 Å². The monoisotopic (exact) mass is 186 g/mol. The predicted octanol–water partition coefficient (Wildman–Crippen LogP) is 0.0701. The highest BCUT2D eigenvalue weighted by Crippen LogP contribution is 2.48. The fourth-order valence-corrected chi connectivity index (χ4v) is 1.48. The number of hydrogen-bond donors (Lipinski definition) is 2. The van der Waals surface area contributed by atoms with Crippen molar-refractivity contribution < 1.29 is 9.18 Å². The molecule has 1 aliphatic heterocycles. The molecule has 2 fully saturated rings. The van der Waals surface area contributed by atoms with E-state index >= 15 is 0 Å². The minimum atomic E-state index is -0.924. The lowest BCUT2D eigenvalue weighted by molar-refractivity contribution is -0.126. The summed E-state index contributed by atoms with van der Waals surface area (Å²) in [5.74, 6) is 0.427. The van der Waals surface area contributed by atoms with Gasteiger partial charge in [0.1, 0.15) is 6.17 Å². The third kappa shape index (κ3) is 1.55. The fourth-order valence-electron chi connectivity index (χ4n) is 1.48. The Morgan fingerprint density at radius 2 is 2.31 bits per heavy atom. The van der Waals surface area contributed by atoms with E-state index in [0.717, 1.165) is 13.1 Å². The van der Waals surface area contributed by atoms with Crippen LogP contribution in [0.1, 0.15) is 13.3 Å². The van der Waals surface area contributed by atoms with E-state index in [-0.39, 0.29) is 5.91 Å². The smallest absolute Gasteiger partial charge is 0.229 e. The topological polar surface area (TPSA) is 41.1 Å². The summed E-state index contributed by atoms with van der Waals surface area (Å²) in [6.07, 6.45) is -0.533. The van der Waals surface area contributed by atoms with Gasteiger partial charge in [-0.2, -0.15) is 0 Å². The Morgan fingerprint density at radius 1 is 1.69 bits per heavy atom. The summed E-state index contributed by atoms with van der Waals surface area (Å²) >= 11 is 0. The third-order valence-electron chi connectivity index (χ3n) is 3.07. The zero-order chi connectivity index (χ0) is 9.47. The van der Waals surface area contributed by atoms with Crippen LogP contribution in [-0.4, -0.2) is 31.7 Å². The van der Waals surface area contributed by atoms with Crippen molar-refractivity contribution in [1.29, 1.82) is 0 Å². The zero-order valence-electron chi connectivity index (χ0n) is 7.77. The van der Waals surface area contributed by atoms with Gasteiger partial charge in [-0.25, -0.2) is 4.39 Å². The lowest BCUT2D eigenvalue weighted by Crippen LogP contribution is -2.49. The van der Waals surface area contributed by atoms with Crippen molar-refractivity contribution in [3.8, 4) is 0 Å². The largest absolute Gasteiger partial charge is 0.355 e. The summed E-state index contributed by atoms with van der Waals surface area (Å²) in [7, 11) is 0. The van der Waals surface area contributed by atoms with Gasteiger partial charge in [0, 0.05) is 25.6 Å². The van der Waals surface area contributed by atoms with E-state index in [0.29, 0.717) is 18.9 Å². The van der Waals surface area contributed by atoms with Crippen LogP contribution in [0.3, 0.4) is 0 Å². The minimum absolute atomic E-state index is 0.119. The first-order chi connectivity index (χ1) is 6.13. The van der Waals surface area contributed by atoms with Gasteiger partial charge >= 0.3 is 0 Å². The summed E-state index contributed by atoms with van der Waals surface area (Å²) in [6.45, 7) is 4.31. The Labute approximate surface area is 77.1 Å². The second-order valence-electron chi connectivity index (χ2n) is 4.32. The molecule has 1 amide bonds. The van der Waals surface area contributed by atoms with Gasteiger partial charge in [0.2, 0.25) is 5.91 Å². The SMILES string of the molecule is CC1(C(=O)NCC2CNC2)CC1F. The van der Waals surface area contributed by atoms with Crippen molar-refractivity contribution >= 4 is 5.91 Å². The maximum absolute atomic E-state index is 12.8. The number of alkyl halides is 1. The number of carbonyl (C=O) groups is 1. The number of amides is 1. The lowest BCUT2D eigenvalue weighted by atomic mass is 10.0. The van der Waals surface area contributed by atoms with Crippen LogP contribution >= 0.6 is 0 Å². The molecule has 0 bridgehead atoms. The molecular weight excluding hydrogens is 171 g/mol. The molecule has 0 radical (unpaired) electrons. The molecule has 2 atom stereocenters. The van der Waals surface area contributed by atoms with Crippen LogP contribution < -0.4 is 10.6 Å². The molecule has 2 rings (SSSR count). The molecule has 1 saturated heterocycles. The van der Waals surface area contributed by atoms with Crippen molar-refractivity contribution in [3.05, 3.63) is 0 Å². The van der Waals surface area contributed by atoms with Gasteiger partial charge in [-0.15, -0.1) is 0 Å². The summed E-state index contributed by atoms with van der Waals surface area (Å²) in [4.78, 5) is 11.4. The molecule has 2 N–H and O–H groups in total. The van der Waals surface area contributed by atoms with Crippen LogP contribution in [-0.2, 0) is 4.79 Å². The van der Waals surface area contributed by atoms with Gasteiger partial charge in [0.15, 0.2) is 0 Å². The Kier molecular flexibility index (Phi) is 2.02. The number of carbonyl (C=O) groups excluding carboxylic acids is 1. The quantitative estimate of drug-likeness (QED) is 0.655. The van der Waals surface area contributed by atoms with Gasteiger partial charge in [-0.05, 0) is 13.3 Å². The molecule has 3 nitrogen and oxygen atoms in total. The van der Waals surface area contributed by atoms with Gasteiger partial charge < -0.3 is 10.6 Å². The number of halogens is 1. The summed E-state index contributed by atoms with van der Waals surface area (Å²) in [5.41, 5.74) is -0.711. The molecule has 2 aliphatic rings. The van der Waals surface area contributed by atoms with E-state index in [4.69, 9.17) is 0 Å². The Bertz CT molecular complexity index is 230. The molecule has 1 heterocycles. The molecule has 1 saturated carbocycles. The van der Waals surface area contributed by atoms with E-state index < -0.39 is 11.6 Å². The molecule has 74 valence electrons. The average Bonchev–Trinajstić information content (AvgIpc) is 2.58. The third-order valence-corrected chi connectivity index (χ3v) is 3.07. The first-order valence-corrected chi connectivity index (χ1v) is 4.76. The lowest BCUT2D eigenvalue weighted by Gasteiger charge is -2.27. The van der Waals surface area contributed by atoms with E-state index in [9.17, 15) is 9.18 Å². The normalized spacial score (nSPS) is 38.2. The van der Waals surface area contributed by atoms with Gasteiger partial charge in [0.25, 0.3) is 0 Å². The molecule has 4 heteroatoms. The van der Waals surface area contributed by atoms with Crippen molar-refractivity contribution in [2.24, 2.45) is 11.3 Å². The second kappa shape index (κ2) is 2.94. The molecule has 13 heavy (non-hydrogen) atoms. The molecule has 1 aliphatic carbocycles. The highest BCUT2D eigenvalue weighted by Gasteiger charge is 2.57. The number of nitrogens with one attached hydrogen (secondary N) is 2. The van der Waals surface area contributed by atoms with Crippen molar-refractivity contribution in [1.82, 2.24) is 10.6 Å². The molecule has 2 unspecified atom stereocenters. The van der Waals surface area contributed by atoms with E-state index in [1.165, 1.54) is 0 Å². The fraction of sp³-hybridized carbons (Fsp3) is 0.889. The summed E-state index contributed by atoms with van der Waals surface area (Å²) < 4.78 is 12.8. The van der Waals surface area contributed by atoms with Crippen LogP contribution in [0.5, 0.6) is 0 Å². The second-order valence-corrected chi connectivity index (χ2v) is 4.32. The molecule has 0 aromatic heterocycles. The maximum atomic E-state index is 12.8. The van der Waals surface area contributed by atoms with E-state index in [2.05, 4.69) is 10.6 Å². The Balaban J connectivity index is 1.72. The van der Waals surface area contributed by atoms with Crippen LogP contribution in [0, 0.1) is 11.3 Å². The van der Waals surface area contributed by atoms with Crippen molar-refractivity contribution in [2.75, 3.05) is 19.6 Å². The first-order valence-electron chi connectivity index (χ1n) is 4.76. The van der Waals surface area contributed by atoms with Crippen molar-refractivity contribution in [3.63, 3.8) is 0 Å². The summed E-state index contributed by atoms with van der Waals surface area (Å²) in [6, 6.07) is 0. The number of hydrogen-bond acceptors (Lipinski definition) is 2. The van der Waals surface area contributed by atoms with Crippen LogP contribution in [0.4, 0.5) is 4.39 Å². The first kappa shape index (κ1) is 8.94. The average molecular weight is 186 g/mol. The van der Waals surface area contributed by atoms with Gasteiger partial charge in [-0.3, -0.25) is 4.79 Å². The highest BCUT2D eigenvalue weighted by atomic mass is 19.1. The predicted molar refractivity (Wildman–Crippen MR) is 47.0 cm³/mol. The van der Waals surface area contributed by atoms with E-state index in [1.807, 2.05) is 0 Å². The highest BCUT2D eigenvalue weighted by molar-refractivity contribution is 5.86. The van der Waals surface area contributed by atoms with Gasteiger partial charge in [0.05, 0.1) is 5.41 Å². The molecular formula is C9H15FN2O. The Morgan fingerprint density at radius 3 is 2.69 bits per heavy atom.